The van der Waals surface area contributed by atoms with E-state index in [4.69, 9.17) is 10.00 Å². The third-order valence-electron chi connectivity index (χ3n) is 6.54. The number of hydrogen-bond acceptors (Lipinski definition) is 6. The minimum absolute atomic E-state index is 0.145. The Morgan fingerprint density at radius 2 is 2.09 bits per heavy atom. The summed E-state index contributed by atoms with van der Waals surface area (Å²) in [5.41, 5.74) is 3.22. The maximum Gasteiger partial charge on any atom is 0.270 e. The average Bonchev–Trinajstić information content (AvgIpc) is 2.88. The van der Waals surface area contributed by atoms with E-state index in [9.17, 15) is 4.79 Å². The standard InChI is InChI=1S/C28H31N5O2/c1-18(15-29)16-30-27-22-14-21(9-8-20(22)10-11-26(27)35-4)24-6-5-7-25(31-24)28(34)32-23-12-13-33(3)17-19(23)2/h5-11,14,19,23,30H,1,12-13,16-17H2,2-4H3,(H,32,34)/t19-,23-/m1/s1. The second kappa shape index (κ2) is 10.6. The molecule has 1 aromatic heterocycles. The summed E-state index contributed by atoms with van der Waals surface area (Å²) >= 11 is 0. The molecule has 35 heavy (non-hydrogen) atoms. The zero-order chi connectivity index (χ0) is 24.9. The molecule has 4 rings (SSSR count). The molecule has 2 atom stereocenters. The normalized spacial score (nSPS) is 18.0. The Hall–Kier alpha value is -3.89. The van der Waals surface area contributed by atoms with Crippen molar-refractivity contribution < 1.29 is 9.53 Å². The molecule has 7 nitrogen and oxygen atoms in total. The van der Waals surface area contributed by atoms with Gasteiger partial charge in [-0.05, 0) is 55.6 Å². The van der Waals surface area contributed by atoms with Crippen molar-refractivity contribution in [3.63, 3.8) is 0 Å². The number of likely N-dealkylation sites (tertiary alicyclic amines) is 1. The molecule has 7 heteroatoms. The van der Waals surface area contributed by atoms with E-state index in [-0.39, 0.29) is 11.9 Å². The Labute approximate surface area is 206 Å². The van der Waals surface area contributed by atoms with Crippen molar-refractivity contribution in [3.8, 4) is 23.1 Å². The second-order valence-electron chi connectivity index (χ2n) is 9.16. The number of nitrogens with one attached hydrogen (secondary N) is 2. The van der Waals surface area contributed by atoms with Gasteiger partial charge in [-0.2, -0.15) is 5.26 Å². The molecule has 1 aliphatic heterocycles. The molecule has 0 spiro atoms. The predicted octanol–water partition coefficient (Wildman–Crippen LogP) is 4.47. The summed E-state index contributed by atoms with van der Waals surface area (Å²) in [6.07, 6.45) is 0.934. The van der Waals surface area contributed by atoms with E-state index in [0.29, 0.717) is 35.2 Å². The molecule has 0 radical (unpaired) electrons. The third kappa shape index (κ3) is 5.44. The predicted molar refractivity (Wildman–Crippen MR) is 140 cm³/mol. The average molecular weight is 470 g/mol. The van der Waals surface area contributed by atoms with Crippen LogP contribution in [-0.4, -0.2) is 55.6 Å². The summed E-state index contributed by atoms with van der Waals surface area (Å²) in [6.45, 7) is 8.18. The number of carbonyl (C=O) groups excluding carboxylic acids is 1. The van der Waals surface area contributed by atoms with Gasteiger partial charge in [0.05, 0.1) is 24.6 Å². The summed E-state index contributed by atoms with van der Waals surface area (Å²) in [5.74, 6) is 0.918. The fourth-order valence-electron chi connectivity index (χ4n) is 4.58. The molecule has 2 N–H and O–H groups in total. The number of fused-ring (bicyclic) bond motifs is 1. The minimum atomic E-state index is -0.145. The van der Waals surface area contributed by atoms with Gasteiger partial charge in [0.1, 0.15) is 11.4 Å². The summed E-state index contributed by atoms with van der Waals surface area (Å²) in [6, 6.07) is 17.6. The van der Waals surface area contributed by atoms with Crippen LogP contribution in [0.1, 0.15) is 23.8 Å². The molecule has 1 saturated heterocycles. The van der Waals surface area contributed by atoms with Gasteiger partial charge < -0.3 is 20.3 Å². The van der Waals surface area contributed by atoms with Crippen LogP contribution < -0.4 is 15.4 Å². The molecule has 1 fully saturated rings. The maximum atomic E-state index is 13.0. The number of hydrogen-bond donors (Lipinski definition) is 2. The number of methoxy groups -OCH3 is 1. The first-order valence-corrected chi connectivity index (χ1v) is 11.8. The number of ether oxygens (including phenoxy) is 1. The second-order valence-corrected chi connectivity index (χ2v) is 9.16. The molecule has 0 unspecified atom stereocenters. The summed E-state index contributed by atoms with van der Waals surface area (Å²) in [4.78, 5) is 20.0. The van der Waals surface area contributed by atoms with Crippen molar-refractivity contribution in [2.45, 2.75) is 19.4 Å². The molecule has 1 amide bonds. The van der Waals surface area contributed by atoms with E-state index in [2.05, 4.69) is 47.1 Å². The smallest absolute Gasteiger partial charge is 0.270 e. The van der Waals surface area contributed by atoms with Crippen molar-refractivity contribution in [2.75, 3.05) is 39.1 Å². The highest BCUT2D eigenvalue weighted by molar-refractivity contribution is 5.99. The Morgan fingerprint density at radius 1 is 1.29 bits per heavy atom. The Kier molecular flexibility index (Phi) is 7.33. The zero-order valence-electron chi connectivity index (χ0n) is 20.5. The summed E-state index contributed by atoms with van der Waals surface area (Å²) in [7, 11) is 3.73. The number of rotatable bonds is 7. The van der Waals surface area contributed by atoms with Gasteiger partial charge in [-0.15, -0.1) is 0 Å². The number of pyridine rings is 1. The van der Waals surface area contributed by atoms with Gasteiger partial charge in [-0.1, -0.05) is 37.8 Å². The minimum Gasteiger partial charge on any atom is -0.495 e. The lowest BCUT2D eigenvalue weighted by atomic mass is 9.94. The Balaban J connectivity index is 1.63. The lowest BCUT2D eigenvalue weighted by Gasteiger charge is -2.35. The number of carbonyl (C=O) groups is 1. The molecule has 0 aliphatic carbocycles. The molecule has 1 aliphatic rings. The van der Waals surface area contributed by atoms with E-state index in [0.717, 1.165) is 41.5 Å². The number of benzene rings is 2. The Morgan fingerprint density at radius 3 is 2.83 bits per heavy atom. The first-order valence-electron chi connectivity index (χ1n) is 11.8. The lowest BCUT2D eigenvalue weighted by molar-refractivity contribution is 0.0879. The van der Waals surface area contributed by atoms with E-state index in [1.165, 1.54) is 0 Å². The monoisotopic (exact) mass is 469 g/mol. The van der Waals surface area contributed by atoms with Crippen LogP contribution in [0, 0.1) is 17.2 Å². The highest BCUT2D eigenvalue weighted by Gasteiger charge is 2.26. The molecule has 3 aromatic rings. The van der Waals surface area contributed by atoms with E-state index in [1.807, 2.05) is 42.5 Å². The van der Waals surface area contributed by atoms with Crippen molar-refractivity contribution in [1.29, 1.82) is 5.26 Å². The van der Waals surface area contributed by atoms with Crippen molar-refractivity contribution >= 4 is 22.4 Å². The fraction of sp³-hybridized carbons (Fsp3) is 0.321. The van der Waals surface area contributed by atoms with Crippen LogP contribution in [0.3, 0.4) is 0 Å². The molecule has 0 saturated carbocycles. The maximum absolute atomic E-state index is 13.0. The van der Waals surface area contributed by atoms with E-state index < -0.39 is 0 Å². The number of piperidine rings is 1. The fourth-order valence-corrected chi connectivity index (χ4v) is 4.58. The molecule has 2 heterocycles. The van der Waals surface area contributed by atoms with E-state index >= 15 is 0 Å². The molecule has 2 aromatic carbocycles. The van der Waals surface area contributed by atoms with Crippen molar-refractivity contribution in [3.05, 3.63) is 66.4 Å². The highest BCUT2D eigenvalue weighted by Crippen LogP contribution is 2.35. The molecular formula is C28H31N5O2. The first-order chi connectivity index (χ1) is 16.9. The van der Waals surface area contributed by atoms with Crippen LogP contribution in [0.15, 0.2) is 60.7 Å². The van der Waals surface area contributed by atoms with Crippen LogP contribution in [0.4, 0.5) is 5.69 Å². The first kappa shape index (κ1) is 24.2. The van der Waals surface area contributed by atoms with Gasteiger partial charge in [0.25, 0.3) is 5.91 Å². The Bertz CT molecular complexity index is 1300. The van der Waals surface area contributed by atoms with Crippen LogP contribution in [0.5, 0.6) is 5.75 Å². The zero-order valence-corrected chi connectivity index (χ0v) is 20.5. The number of aromatic nitrogens is 1. The van der Waals surface area contributed by atoms with Crippen molar-refractivity contribution in [1.82, 2.24) is 15.2 Å². The van der Waals surface area contributed by atoms with Crippen LogP contribution >= 0.6 is 0 Å². The van der Waals surface area contributed by atoms with Gasteiger partial charge in [0.15, 0.2) is 0 Å². The summed E-state index contributed by atoms with van der Waals surface area (Å²) < 4.78 is 5.56. The van der Waals surface area contributed by atoms with Gasteiger partial charge in [-0.3, -0.25) is 4.79 Å². The van der Waals surface area contributed by atoms with Crippen molar-refractivity contribution in [2.24, 2.45) is 5.92 Å². The highest BCUT2D eigenvalue weighted by atomic mass is 16.5. The lowest BCUT2D eigenvalue weighted by Crippen LogP contribution is -2.49. The topological polar surface area (TPSA) is 90.3 Å². The number of anilines is 1. The third-order valence-corrected chi connectivity index (χ3v) is 6.54. The number of nitriles is 1. The summed E-state index contributed by atoms with van der Waals surface area (Å²) in [5, 5.41) is 17.5. The van der Waals surface area contributed by atoms with Crippen LogP contribution in [0.25, 0.3) is 22.0 Å². The largest absolute Gasteiger partial charge is 0.495 e. The SMILES string of the molecule is C=C(C#N)CNc1c(OC)ccc2ccc(-c3cccc(C(=O)N[C@@H]4CCN(C)C[C@H]4C)n3)cc12. The quantitative estimate of drug-likeness (QED) is 0.496. The number of amides is 1. The van der Waals surface area contributed by atoms with E-state index in [1.54, 1.807) is 13.2 Å². The van der Waals surface area contributed by atoms with Crippen LogP contribution in [-0.2, 0) is 0 Å². The molecular weight excluding hydrogens is 438 g/mol. The number of nitrogens with zero attached hydrogens (tertiary/aromatic N) is 3. The molecule has 180 valence electrons. The molecule has 0 bridgehead atoms. The van der Waals surface area contributed by atoms with Gasteiger partial charge >= 0.3 is 0 Å². The van der Waals surface area contributed by atoms with Crippen LogP contribution in [0.2, 0.25) is 0 Å². The van der Waals surface area contributed by atoms with Gasteiger partial charge in [-0.25, -0.2) is 4.98 Å². The van der Waals surface area contributed by atoms with Gasteiger partial charge in [0.2, 0.25) is 0 Å². The van der Waals surface area contributed by atoms with Gasteiger partial charge in [0, 0.05) is 35.7 Å².